The van der Waals surface area contributed by atoms with E-state index < -0.39 is 27.0 Å². The van der Waals surface area contributed by atoms with Crippen molar-refractivity contribution in [1.82, 2.24) is 0 Å². The van der Waals surface area contributed by atoms with E-state index in [-0.39, 0.29) is 15.7 Å². The van der Waals surface area contributed by atoms with E-state index in [0.717, 1.165) is 17.1 Å². The van der Waals surface area contributed by atoms with Crippen LogP contribution in [0.5, 0.6) is 0 Å². The van der Waals surface area contributed by atoms with Gasteiger partial charge in [0.15, 0.2) is 6.04 Å². The lowest BCUT2D eigenvalue weighted by atomic mass is 10.2. The zero-order valence-corrected chi connectivity index (χ0v) is 17.1. The number of rotatable bonds is 4. The predicted octanol–water partition coefficient (Wildman–Crippen LogP) is 4.77. The summed E-state index contributed by atoms with van der Waals surface area (Å²) in [6.07, 6.45) is 0. The van der Waals surface area contributed by atoms with E-state index in [1.54, 1.807) is 31.2 Å². The largest absolute Gasteiger partial charge is 0.296 e. The van der Waals surface area contributed by atoms with Gasteiger partial charge in [0.25, 0.3) is 16.0 Å². The van der Waals surface area contributed by atoms with Gasteiger partial charge in [-0.2, -0.15) is 28.8 Å². The van der Waals surface area contributed by atoms with E-state index in [1.807, 2.05) is 0 Å². The molecule has 1 amide bonds. The third-order valence-electron chi connectivity index (χ3n) is 3.74. The Labute approximate surface area is 175 Å². The van der Waals surface area contributed by atoms with Crippen LogP contribution < -0.4 is 5.01 Å². The van der Waals surface area contributed by atoms with Gasteiger partial charge in [0.1, 0.15) is 10.6 Å². The molecule has 12 heteroatoms. The quantitative estimate of drug-likeness (QED) is 0.522. The Morgan fingerprint density at radius 3 is 2.43 bits per heavy atom. The van der Waals surface area contributed by atoms with Crippen LogP contribution in [-0.4, -0.2) is 30.6 Å². The van der Waals surface area contributed by atoms with Crippen molar-refractivity contribution in [3.8, 4) is 0 Å². The number of benzene rings is 2. The lowest BCUT2D eigenvalue weighted by molar-refractivity contribution is -0.117. The van der Waals surface area contributed by atoms with Gasteiger partial charge in [-0.15, -0.1) is 0 Å². The molecule has 2 aromatic rings. The molecule has 8 nitrogen and oxygen atoms in total. The molecule has 0 spiro atoms. The lowest BCUT2D eigenvalue weighted by Gasteiger charge is -2.15. The maximum Gasteiger partial charge on any atom is 0.296 e. The monoisotopic (exact) mass is 460 g/mol. The minimum atomic E-state index is -4.58. The maximum absolute atomic E-state index is 12.7. The van der Waals surface area contributed by atoms with Crippen molar-refractivity contribution in [3.05, 3.63) is 51.5 Å². The van der Waals surface area contributed by atoms with Crippen molar-refractivity contribution in [1.29, 1.82) is 0 Å². The number of azo groups is 1. The van der Waals surface area contributed by atoms with Crippen LogP contribution >= 0.6 is 34.8 Å². The van der Waals surface area contributed by atoms with Crippen molar-refractivity contribution < 1.29 is 17.8 Å². The highest BCUT2D eigenvalue weighted by atomic mass is 35.5. The fourth-order valence-corrected chi connectivity index (χ4v) is 3.90. The van der Waals surface area contributed by atoms with Crippen LogP contribution in [0.25, 0.3) is 0 Å². The summed E-state index contributed by atoms with van der Waals surface area (Å²) in [5, 5.41) is 13.0. The standard InChI is InChI=1S/C16H11Cl3N4O4S/c1-8-15(21-20-12-5-3-2-4-9(12)17)16(24)23(22-8)13-6-11(19)14(7-10(13)18)28(25,26)27/h2-7,15H,1H3,(H,25,26,27). The molecule has 0 fully saturated rings. The van der Waals surface area contributed by atoms with E-state index in [4.69, 9.17) is 34.8 Å². The number of halogens is 3. The first-order chi connectivity index (χ1) is 13.1. The normalized spacial score (nSPS) is 17.5. The third kappa shape index (κ3) is 4.03. The summed E-state index contributed by atoms with van der Waals surface area (Å²) < 4.78 is 31.8. The zero-order chi connectivity index (χ0) is 20.6. The molecule has 1 N–H and O–H groups in total. The summed E-state index contributed by atoms with van der Waals surface area (Å²) >= 11 is 18.0. The summed E-state index contributed by atoms with van der Waals surface area (Å²) in [6, 6.07) is 7.78. The molecule has 1 aliphatic heterocycles. The second-order valence-corrected chi connectivity index (χ2v) is 8.28. The third-order valence-corrected chi connectivity index (χ3v) is 5.68. The fourth-order valence-electron chi connectivity index (χ4n) is 2.39. The molecule has 0 saturated carbocycles. The second kappa shape index (κ2) is 7.76. The molecule has 0 bridgehead atoms. The van der Waals surface area contributed by atoms with Crippen LogP contribution in [-0.2, 0) is 14.9 Å². The van der Waals surface area contributed by atoms with Crippen molar-refractivity contribution in [3.63, 3.8) is 0 Å². The Balaban J connectivity index is 1.93. The number of hydrazone groups is 1. The number of anilines is 1. The van der Waals surface area contributed by atoms with Gasteiger partial charge in [0.05, 0.1) is 26.5 Å². The number of hydrogen-bond acceptors (Lipinski definition) is 6. The first-order valence-electron chi connectivity index (χ1n) is 7.60. The van der Waals surface area contributed by atoms with Gasteiger partial charge >= 0.3 is 0 Å². The lowest BCUT2D eigenvalue weighted by Crippen LogP contribution is -2.30. The van der Waals surface area contributed by atoms with Crippen molar-refractivity contribution >= 4 is 67.9 Å². The average molecular weight is 462 g/mol. The van der Waals surface area contributed by atoms with Gasteiger partial charge in [-0.05, 0) is 31.2 Å². The highest BCUT2D eigenvalue weighted by molar-refractivity contribution is 7.86. The van der Waals surface area contributed by atoms with Crippen molar-refractivity contribution in [2.75, 3.05) is 5.01 Å². The number of carbonyl (C=O) groups is 1. The molecular weight excluding hydrogens is 451 g/mol. The Morgan fingerprint density at radius 2 is 1.79 bits per heavy atom. The molecule has 28 heavy (non-hydrogen) atoms. The van der Waals surface area contributed by atoms with E-state index in [1.165, 1.54) is 0 Å². The minimum absolute atomic E-state index is 0.0406. The Hall–Kier alpha value is -2.04. The zero-order valence-electron chi connectivity index (χ0n) is 14.0. The average Bonchev–Trinajstić information content (AvgIpc) is 2.89. The molecule has 1 aliphatic rings. The number of hydrogen-bond donors (Lipinski definition) is 1. The topological polar surface area (TPSA) is 112 Å². The predicted molar refractivity (Wildman–Crippen MR) is 107 cm³/mol. The van der Waals surface area contributed by atoms with Crippen LogP contribution in [0.15, 0.2) is 56.6 Å². The van der Waals surface area contributed by atoms with Crippen molar-refractivity contribution in [2.24, 2.45) is 15.3 Å². The summed E-state index contributed by atoms with van der Waals surface area (Å²) in [5.74, 6) is -0.564. The van der Waals surface area contributed by atoms with Gasteiger partial charge in [-0.3, -0.25) is 9.35 Å². The van der Waals surface area contributed by atoms with Crippen LogP contribution in [0.4, 0.5) is 11.4 Å². The fraction of sp³-hybridized carbons (Fsp3) is 0.125. The highest BCUT2D eigenvalue weighted by Crippen LogP contribution is 2.36. The van der Waals surface area contributed by atoms with Gasteiger partial charge < -0.3 is 0 Å². The molecule has 0 aromatic heterocycles. The summed E-state index contributed by atoms with van der Waals surface area (Å²) in [5.41, 5.74) is 0.771. The maximum atomic E-state index is 12.7. The first-order valence-corrected chi connectivity index (χ1v) is 10.2. The van der Waals surface area contributed by atoms with Crippen LogP contribution in [0.1, 0.15) is 6.92 Å². The molecule has 1 heterocycles. The van der Waals surface area contributed by atoms with E-state index in [0.29, 0.717) is 16.4 Å². The van der Waals surface area contributed by atoms with Gasteiger partial charge in [-0.25, -0.2) is 0 Å². The van der Waals surface area contributed by atoms with Crippen LogP contribution in [0, 0.1) is 0 Å². The van der Waals surface area contributed by atoms with E-state index >= 15 is 0 Å². The van der Waals surface area contributed by atoms with Crippen LogP contribution in [0.2, 0.25) is 15.1 Å². The van der Waals surface area contributed by atoms with E-state index in [2.05, 4.69) is 15.3 Å². The van der Waals surface area contributed by atoms with Crippen molar-refractivity contribution in [2.45, 2.75) is 17.9 Å². The summed E-state index contributed by atoms with van der Waals surface area (Å²) in [6.45, 7) is 1.58. The van der Waals surface area contributed by atoms with Gasteiger partial charge in [-0.1, -0.05) is 46.9 Å². The summed E-state index contributed by atoms with van der Waals surface area (Å²) in [4.78, 5) is 12.1. The van der Waals surface area contributed by atoms with E-state index in [9.17, 15) is 17.8 Å². The number of nitrogens with zero attached hydrogens (tertiary/aromatic N) is 4. The minimum Gasteiger partial charge on any atom is -0.282 e. The molecule has 0 saturated heterocycles. The molecular formula is C16H11Cl3N4O4S. The first kappa shape index (κ1) is 20.7. The Bertz CT molecular complexity index is 1130. The molecule has 146 valence electrons. The molecule has 0 radical (unpaired) electrons. The Morgan fingerprint density at radius 1 is 1.11 bits per heavy atom. The van der Waals surface area contributed by atoms with Crippen LogP contribution in [0.3, 0.4) is 0 Å². The molecule has 3 rings (SSSR count). The molecule has 0 aliphatic carbocycles. The molecule has 1 atom stereocenters. The van der Waals surface area contributed by atoms with Gasteiger partial charge in [0, 0.05) is 0 Å². The molecule has 2 aromatic carbocycles. The summed E-state index contributed by atoms with van der Waals surface area (Å²) in [7, 11) is -4.58. The number of amides is 1. The second-order valence-electron chi connectivity index (χ2n) is 5.67. The van der Waals surface area contributed by atoms with Gasteiger partial charge in [0.2, 0.25) is 0 Å². The Kier molecular flexibility index (Phi) is 5.74. The SMILES string of the molecule is CC1=NN(c2cc(Cl)c(S(=O)(=O)O)cc2Cl)C(=O)C1N=Nc1ccccc1Cl. The highest BCUT2D eigenvalue weighted by Gasteiger charge is 2.36. The number of carbonyl (C=O) groups excluding carboxylic acids is 1. The smallest absolute Gasteiger partial charge is 0.282 e. The molecule has 1 unspecified atom stereocenters.